The predicted molar refractivity (Wildman–Crippen MR) is 102 cm³/mol. The summed E-state index contributed by atoms with van der Waals surface area (Å²) in [7, 11) is 0. The standard InChI is InChI=1S/C21H31BrO4/c1-19-8-5-14(23)11-13(19)3-4-15-16(19)6-9-20(2)17(15)7-10-21(20,25)26-18(24)12-22/h13,15-17,25H,3-12H2,1-2H3/t13?,15-,16-,17+,19+,20+,21?/m1/s1. The summed E-state index contributed by atoms with van der Waals surface area (Å²) in [5, 5.41) is 11.4. The van der Waals surface area contributed by atoms with Gasteiger partial charge in [0.2, 0.25) is 5.79 Å². The molecule has 0 bridgehead atoms. The van der Waals surface area contributed by atoms with Gasteiger partial charge < -0.3 is 9.84 Å². The highest BCUT2D eigenvalue weighted by Crippen LogP contribution is 2.68. The Hall–Kier alpha value is -0.420. The van der Waals surface area contributed by atoms with Gasteiger partial charge in [-0.3, -0.25) is 9.59 Å². The summed E-state index contributed by atoms with van der Waals surface area (Å²) in [4.78, 5) is 23.9. The summed E-state index contributed by atoms with van der Waals surface area (Å²) in [6.45, 7) is 4.57. The molecule has 0 aromatic rings. The number of carbonyl (C=O) groups is 2. The number of halogens is 1. The van der Waals surface area contributed by atoms with Crippen molar-refractivity contribution in [3.63, 3.8) is 0 Å². The fourth-order valence-corrected chi connectivity index (χ4v) is 7.52. The van der Waals surface area contributed by atoms with Crippen LogP contribution in [-0.2, 0) is 14.3 Å². The lowest BCUT2D eigenvalue weighted by Crippen LogP contribution is -2.57. The van der Waals surface area contributed by atoms with E-state index in [9.17, 15) is 14.7 Å². The molecule has 0 aliphatic heterocycles. The summed E-state index contributed by atoms with van der Waals surface area (Å²) in [6, 6.07) is 0. The van der Waals surface area contributed by atoms with Crippen LogP contribution in [0.25, 0.3) is 0 Å². The van der Waals surface area contributed by atoms with Crippen molar-refractivity contribution in [2.75, 3.05) is 5.33 Å². The molecule has 4 aliphatic rings. The highest BCUT2D eigenvalue weighted by atomic mass is 79.9. The Balaban J connectivity index is 1.60. The molecule has 5 heteroatoms. The van der Waals surface area contributed by atoms with E-state index in [0.29, 0.717) is 35.9 Å². The lowest BCUT2D eigenvalue weighted by atomic mass is 9.45. The van der Waals surface area contributed by atoms with Crippen LogP contribution in [0.1, 0.15) is 71.6 Å². The van der Waals surface area contributed by atoms with Gasteiger partial charge in [0, 0.05) is 24.7 Å². The molecule has 0 radical (unpaired) electrons. The second kappa shape index (κ2) is 6.30. The summed E-state index contributed by atoms with van der Waals surface area (Å²) in [5.74, 6) is 0.919. The second-order valence-electron chi connectivity index (χ2n) is 9.79. The van der Waals surface area contributed by atoms with Crippen LogP contribution in [0, 0.1) is 34.5 Å². The number of Topliss-reactive ketones (excluding diaryl/α,β-unsaturated/α-hetero) is 1. The molecule has 4 nitrogen and oxygen atoms in total. The third-order valence-electron chi connectivity index (χ3n) is 8.95. The number of carbonyl (C=O) groups excluding carboxylic acids is 2. The van der Waals surface area contributed by atoms with Gasteiger partial charge in [-0.15, -0.1) is 0 Å². The Labute approximate surface area is 164 Å². The Morgan fingerprint density at radius 2 is 1.88 bits per heavy atom. The molecule has 0 heterocycles. The molecule has 146 valence electrons. The minimum atomic E-state index is -1.33. The number of aliphatic hydroxyl groups is 1. The monoisotopic (exact) mass is 426 g/mol. The number of rotatable bonds is 2. The highest BCUT2D eigenvalue weighted by Gasteiger charge is 2.66. The van der Waals surface area contributed by atoms with Gasteiger partial charge in [-0.25, -0.2) is 0 Å². The molecule has 1 N–H and O–H groups in total. The van der Waals surface area contributed by atoms with Gasteiger partial charge in [-0.2, -0.15) is 0 Å². The van der Waals surface area contributed by atoms with Crippen LogP contribution in [-0.4, -0.2) is 28.0 Å². The summed E-state index contributed by atoms with van der Waals surface area (Å²) in [5.41, 5.74) is -0.0783. The molecule has 0 aromatic heterocycles. The lowest BCUT2D eigenvalue weighted by molar-refractivity contribution is -0.265. The number of hydrogen-bond acceptors (Lipinski definition) is 4. The van der Waals surface area contributed by atoms with E-state index < -0.39 is 5.79 Å². The number of esters is 1. The zero-order valence-corrected chi connectivity index (χ0v) is 17.5. The number of hydrogen-bond donors (Lipinski definition) is 1. The molecule has 4 rings (SSSR count). The van der Waals surface area contributed by atoms with Crippen molar-refractivity contribution in [1.82, 2.24) is 0 Å². The fraction of sp³-hybridized carbons (Fsp3) is 0.905. The van der Waals surface area contributed by atoms with Crippen LogP contribution in [0.2, 0.25) is 0 Å². The van der Waals surface area contributed by atoms with E-state index in [2.05, 4.69) is 29.8 Å². The molecule has 0 saturated heterocycles. The van der Waals surface area contributed by atoms with Gasteiger partial charge >= 0.3 is 5.97 Å². The molecule has 0 aromatic carbocycles. The Kier molecular flexibility index (Phi) is 4.58. The second-order valence-corrected chi connectivity index (χ2v) is 10.3. The van der Waals surface area contributed by atoms with Crippen molar-refractivity contribution in [2.24, 2.45) is 34.5 Å². The average molecular weight is 427 g/mol. The maximum atomic E-state index is 12.0. The fourth-order valence-electron chi connectivity index (χ4n) is 7.40. The van der Waals surface area contributed by atoms with Crippen molar-refractivity contribution >= 4 is 27.7 Å². The first-order valence-corrected chi connectivity index (χ1v) is 11.4. The van der Waals surface area contributed by atoms with Gasteiger partial charge in [0.25, 0.3) is 0 Å². The third kappa shape index (κ3) is 2.56. The molecular formula is C21H31BrO4. The van der Waals surface area contributed by atoms with Crippen molar-refractivity contribution in [3.8, 4) is 0 Å². The zero-order valence-electron chi connectivity index (χ0n) is 15.9. The lowest BCUT2D eigenvalue weighted by Gasteiger charge is -2.60. The highest BCUT2D eigenvalue weighted by molar-refractivity contribution is 9.09. The van der Waals surface area contributed by atoms with Crippen LogP contribution in [0.3, 0.4) is 0 Å². The van der Waals surface area contributed by atoms with E-state index in [4.69, 9.17) is 4.74 Å². The number of ether oxygens (including phenoxy) is 1. The molecule has 7 atom stereocenters. The first kappa shape index (κ1) is 18.9. The SMILES string of the molecule is C[C@]12CCC(=O)CC1CC[C@@H]1[C@H]2CC[C@@]2(C)[C@H]1CCC2(O)OC(=O)CBr. The van der Waals surface area contributed by atoms with Crippen LogP contribution >= 0.6 is 15.9 Å². The molecular weight excluding hydrogens is 396 g/mol. The zero-order chi connectivity index (χ0) is 18.7. The van der Waals surface area contributed by atoms with E-state index in [1.54, 1.807) is 0 Å². The first-order chi connectivity index (χ1) is 12.2. The van der Waals surface area contributed by atoms with Gasteiger partial charge in [0.05, 0.1) is 0 Å². The maximum absolute atomic E-state index is 12.0. The Bertz CT molecular complexity index is 621. The number of ketones is 1. The van der Waals surface area contributed by atoms with Crippen molar-refractivity contribution in [1.29, 1.82) is 0 Å². The molecule has 0 spiro atoms. The normalized spacial score (nSPS) is 50.5. The maximum Gasteiger partial charge on any atom is 0.319 e. The van der Waals surface area contributed by atoms with Crippen LogP contribution < -0.4 is 0 Å². The first-order valence-electron chi connectivity index (χ1n) is 10.3. The minimum Gasteiger partial charge on any atom is -0.432 e. The van der Waals surface area contributed by atoms with E-state index in [0.717, 1.165) is 51.4 Å². The van der Waals surface area contributed by atoms with Gasteiger partial charge in [0.1, 0.15) is 11.1 Å². The number of alkyl halides is 1. The quantitative estimate of drug-likeness (QED) is 0.407. The summed E-state index contributed by atoms with van der Waals surface area (Å²) in [6.07, 6.45) is 8.30. The summed E-state index contributed by atoms with van der Waals surface area (Å²) >= 11 is 3.14. The van der Waals surface area contributed by atoms with E-state index in [1.165, 1.54) is 0 Å². The molecule has 4 fully saturated rings. The summed E-state index contributed by atoms with van der Waals surface area (Å²) < 4.78 is 5.57. The Morgan fingerprint density at radius 3 is 2.62 bits per heavy atom. The van der Waals surface area contributed by atoms with Crippen LogP contribution in [0.5, 0.6) is 0 Å². The predicted octanol–water partition coefficient (Wildman–Crippen LogP) is 4.22. The largest absolute Gasteiger partial charge is 0.432 e. The van der Waals surface area contributed by atoms with E-state index >= 15 is 0 Å². The molecule has 26 heavy (non-hydrogen) atoms. The molecule has 2 unspecified atom stereocenters. The Morgan fingerprint density at radius 1 is 1.15 bits per heavy atom. The van der Waals surface area contributed by atoms with Crippen LogP contribution in [0.4, 0.5) is 0 Å². The topological polar surface area (TPSA) is 63.6 Å². The molecule has 0 amide bonds. The van der Waals surface area contributed by atoms with Gasteiger partial charge in [-0.1, -0.05) is 29.8 Å². The van der Waals surface area contributed by atoms with Crippen molar-refractivity contribution in [2.45, 2.75) is 77.4 Å². The van der Waals surface area contributed by atoms with Crippen LogP contribution in [0.15, 0.2) is 0 Å². The molecule has 4 saturated carbocycles. The van der Waals surface area contributed by atoms with Crippen molar-refractivity contribution in [3.05, 3.63) is 0 Å². The molecule has 4 aliphatic carbocycles. The van der Waals surface area contributed by atoms with Crippen molar-refractivity contribution < 1.29 is 19.4 Å². The van der Waals surface area contributed by atoms with E-state index in [1.807, 2.05) is 0 Å². The smallest absolute Gasteiger partial charge is 0.319 e. The minimum absolute atomic E-state index is 0.121. The van der Waals surface area contributed by atoms with Gasteiger partial charge in [-0.05, 0) is 67.6 Å². The number of fused-ring (bicyclic) bond motifs is 5. The van der Waals surface area contributed by atoms with E-state index in [-0.39, 0.29) is 22.1 Å². The van der Waals surface area contributed by atoms with Gasteiger partial charge in [0.15, 0.2) is 0 Å². The third-order valence-corrected chi connectivity index (χ3v) is 9.41. The average Bonchev–Trinajstić information content (AvgIpc) is 2.86.